The van der Waals surface area contributed by atoms with Crippen LogP contribution in [0, 0.1) is 6.92 Å². The lowest BCUT2D eigenvalue weighted by atomic mass is 10.2. The minimum Gasteiger partial charge on any atom is -0.257 e. The second kappa shape index (κ2) is 4.94. The Balaban J connectivity index is 2.03. The highest BCUT2D eigenvalue weighted by atomic mass is 32.2. The van der Waals surface area contributed by atoms with E-state index in [-0.39, 0.29) is 0 Å². The summed E-state index contributed by atoms with van der Waals surface area (Å²) < 4.78 is 0. The predicted octanol–water partition coefficient (Wildman–Crippen LogP) is 3.08. The molecule has 2 rings (SSSR count). The third-order valence-corrected chi connectivity index (χ3v) is 3.21. The highest BCUT2D eigenvalue weighted by molar-refractivity contribution is 7.98. The van der Waals surface area contributed by atoms with Crippen molar-refractivity contribution >= 4 is 11.8 Å². The summed E-state index contributed by atoms with van der Waals surface area (Å²) in [6, 6.07) is 10.4. The number of hydrogen-bond acceptors (Lipinski definition) is 3. The summed E-state index contributed by atoms with van der Waals surface area (Å²) in [7, 11) is 0. The van der Waals surface area contributed by atoms with Crippen LogP contribution in [0.25, 0.3) is 0 Å². The van der Waals surface area contributed by atoms with Crippen LogP contribution in [0.1, 0.15) is 11.3 Å². The van der Waals surface area contributed by atoms with Gasteiger partial charge in [-0.15, -0.1) is 0 Å². The molecule has 0 amide bonds. The second-order valence-corrected chi connectivity index (χ2v) is 4.19. The van der Waals surface area contributed by atoms with Crippen LogP contribution in [-0.2, 0) is 5.75 Å². The summed E-state index contributed by atoms with van der Waals surface area (Å²) in [5.74, 6) is 0.945. The Bertz CT molecular complexity index is 429. The number of hydrogen-bond donors (Lipinski definition) is 0. The maximum Gasteiger partial charge on any atom is 0.118 e. The zero-order chi connectivity index (χ0) is 10.5. The van der Waals surface area contributed by atoms with Crippen molar-refractivity contribution in [3.8, 4) is 0 Å². The highest BCUT2D eigenvalue weighted by Crippen LogP contribution is 2.21. The van der Waals surface area contributed by atoms with Gasteiger partial charge in [0, 0.05) is 18.1 Å². The van der Waals surface area contributed by atoms with Crippen LogP contribution < -0.4 is 0 Å². The van der Waals surface area contributed by atoms with Crippen LogP contribution in [0.15, 0.2) is 47.8 Å². The van der Waals surface area contributed by atoms with Gasteiger partial charge in [0.2, 0.25) is 0 Å². The second-order valence-electron chi connectivity index (χ2n) is 3.22. The largest absolute Gasteiger partial charge is 0.257 e. The smallest absolute Gasteiger partial charge is 0.118 e. The number of thioether (sulfide) groups is 1. The SMILES string of the molecule is Cc1nccnc1SCc1ccccc1. The quantitative estimate of drug-likeness (QED) is 0.737. The van der Waals surface area contributed by atoms with Gasteiger partial charge in [0.05, 0.1) is 5.69 Å². The summed E-state index contributed by atoms with van der Waals surface area (Å²) in [5, 5.41) is 1.02. The minimum absolute atomic E-state index is 0.945. The molecule has 0 unspecified atom stereocenters. The number of aromatic nitrogens is 2. The Morgan fingerprint density at radius 3 is 2.53 bits per heavy atom. The lowest BCUT2D eigenvalue weighted by Crippen LogP contribution is -1.89. The average molecular weight is 216 g/mol. The molecule has 0 saturated carbocycles. The maximum absolute atomic E-state index is 4.29. The Kier molecular flexibility index (Phi) is 3.35. The highest BCUT2D eigenvalue weighted by Gasteiger charge is 2.00. The van der Waals surface area contributed by atoms with E-state index in [9.17, 15) is 0 Å². The van der Waals surface area contributed by atoms with Gasteiger partial charge in [-0.2, -0.15) is 0 Å². The first-order chi connectivity index (χ1) is 7.36. The van der Waals surface area contributed by atoms with Gasteiger partial charge < -0.3 is 0 Å². The van der Waals surface area contributed by atoms with Crippen molar-refractivity contribution in [1.29, 1.82) is 0 Å². The summed E-state index contributed by atoms with van der Waals surface area (Å²) in [4.78, 5) is 8.50. The van der Waals surface area contributed by atoms with Crippen LogP contribution >= 0.6 is 11.8 Å². The molecule has 0 aliphatic heterocycles. The third-order valence-electron chi connectivity index (χ3n) is 2.05. The summed E-state index contributed by atoms with van der Waals surface area (Å²) >= 11 is 1.73. The molecule has 0 atom stereocenters. The summed E-state index contributed by atoms with van der Waals surface area (Å²) in [6.45, 7) is 1.99. The van der Waals surface area contributed by atoms with Gasteiger partial charge in [-0.05, 0) is 12.5 Å². The van der Waals surface area contributed by atoms with E-state index in [1.165, 1.54) is 5.56 Å². The van der Waals surface area contributed by atoms with Crippen LogP contribution in [0.5, 0.6) is 0 Å². The number of benzene rings is 1. The normalized spacial score (nSPS) is 10.2. The Morgan fingerprint density at radius 1 is 1.07 bits per heavy atom. The zero-order valence-electron chi connectivity index (χ0n) is 8.55. The van der Waals surface area contributed by atoms with Gasteiger partial charge in [0.15, 0.2) is 0 Å². The molecule has 0 aliphatic carbocycles. The van der Waals surface area contributed by atoms with E-state index in [0.29, 0.717) is 0 Å². The fourth-order valence-corrected chi connectivity index (χ4v) is 2.16. The van der Waals surface area contributed by atoms with E-state index in [4.69, 9.17) is 0 Å². The van der Waals surface area contributed by atoms with E-state index in [1.54, 1.807) is 24.2 Å². The zero-order valence-corrected chi connectivity index (χ0v) is 9.37. The van der Waals surface area contributed by atoms with Crippen molar-refractivity contribution in [2.45, 2.75) is 17.7 Å². The number of rotatable bonds is 3. The van der Waals surface area contributed by atoms with Crippen LogP contribution in [0.2, 0.25) is 0 Å². The maximum atomic E-state index is 4.29. The van der Waals surface area contributed by atoms with Crippen molar-refractivity contribution in [2.75, 3.05) is 0 Å². The molecule has 76 valence electrons. The van der Waals surface area contributed by atoms with E-state index in [1.807, 2.05) is 13.0 Å². The minimum atomic E-state index is 0.945. The van der Waals surface area contributed by atoms with Crippen LogP contribution in [0.3, 0.4) is 0 Å². The van der Waals surface area contributed by atoms with Crippen LogP contribution in [-0.4, -0.2) is 9.97 Å². The molecule has 1 heterocycles. The van der Waals surface area contributed by atoms with Gasteiger partial charge in [0.1, 0.15) is 5.03 Å². The Morgan fingerprint density at radius 2 is 1.80 bits per heavy atom. The molecule has 1 aromatic heterocycles. The first-order valence-corrected chi connectivity index (χ1v) is 5.79. The van der Waals surface area contributed by atoms with Crippen LogP contribution in [0.4, 0.5) is 0 Å². The van der Waals surface area contributed by atoms with Gasteiger partial charge in [-0.25, -0.2) is 4.98 Å². The van der Waals surface area contributed by atoms with E-state index in [0.717, 1.165) is 16.5 Å². The molecule has 0 radical (unpaired) electrons. The van der Waals surface area contributed by atoms with Crippen molar-refractivity contribution in [3.05, 3.63) is 54.0 Å². The molecule has 0 spiro atoms. The van der Waals surface area contributed by atoms with Gasteiger partial charge >= 0.3 is 0 Å². The number of aryl methyl sites for hydroxylation is 1. The summed E-state index contributed by atoms with van der Waals surface area (Å²) in [5.41, 5.74) is 2.31. The van der Waals surface area contributed by atoms with Crippen molar-refractivity contribution < 1.29 is 0 Å². The number of nitrogens with zero attached hydrogens (tertiary/aromatic N) is 2. The first-order valence-electron chi connectivity index (χ1n) is 4.80. The molecule has 0 bridgehead atoms. The topological polar surface area (TPSA) is 25.8 Å². The molecule has 0 N–H and O–H groups in total. The Labute approximate surface area is 93.8 Å². The molecule has 15 heavy (non-hydrogen) atoms. The molecule has 2 aromatic rings. The van der Waals surface area contributed by atoms with E-state index < -0.39 is 0 Å². The van der Waals surface area contributed by atoms with E-state index in [2.05, 4.69) is 34.2 Å². The molecular formula is C12H12N2S. The fraction of sp³-hybridized carbons (Fsp3) is 0.167. The summed E-state index contributed by atoms with van der Waals surface area (Å²) in [6.07, 6.45) is 3.46. The van der Waals surface area contributed by atoms with Gasteiger partial charge in [-0.1, -0.05) is 42.1 Å². The molecule has 1 aromatic carbocycles. The monoisotopic (exact) mass is 216 g/mol. The molecule has 3 heteroatoms. The lowest BCUT2D eigenvalue weighted by Gasteiger charge is -2.02. The molecule has 0 fully saturated rings. The lowest BCUT2D eigenvalue weighted by molar-refractivity contribution is 0.985. The fourth-order valence-electron chi connectivity index (χ4n) is 1.26. The van der Waals surface area contributed by atoms with Crippen molar-refractivity contribution in [2.24, 2.45) is 0 Å². The van der Waals surface area contributed by atoms with Gasteiger partial charge in [-0.3, -0.25) is 4.98 Å². The predicted molar refractivity (Wildman–Crippen MR) is 62.8 cm³/mol. The van der Waals surface area contributed by atoms with Crippen molar-refractivity contribution in [3.63, 3.8) is 0 Å². The van der Waals surface area contributed by atoms with Crippen molar-refractivity contribution in [1.82, 2.24) is 9.97 Å². The third kappa shape index (κ3) is 2.80. The standard InChI is InChI=1S/C12H12N2S/c1-10-12(14-8-7-13-10)15-9-11-5-3-2-4-6-11/h2-8H,9H2,1H3. The molecule has 0 aliphatic rings. The molecule has 0 saturated heterocycles. The first kappa shape index (κ1) is 10.2. The molecule has 2 nitrogen and oxygen atoms in total. The average Bonchev–Trinajstić information content (AvgIpc) is 2.29. The van der Waals surface area contributed by atoms with E-state index >= 15 is 0 Å². The van der Waals surface area contributed by atoms with Gasteiger partial charge in [0.25, 0.3) is 0 Å². The molecular weight excluding hydrogens is 204 g/mol. The Hall–Kier alpha value is -1.35.